The van der Waals surface area contributed by atoms with Crippen LogP contribution in [0.5, 0.6) is 0 Å². The van der Waals surface area contributed by atoms with E-state index in [1.807, 2.05) is 44.2 Å². The SMILES string of the molecule is Cc1nn(-c2ccccc2)c(C)c1CNS(=O)(=O)N(C)Cc1c(F)cccc1Cl. The van der Waals surface area contributed by atoms with Crippen LogP contribution in [0.1, 0.15) is 22.5 Å². The minimum atomic E-state index is -3.86. The Bertz CT molecular complexity index is 1100. The zero-order valence-electron chi connectivity index (χ0n) is 16.4. The average molecular weight is 437 g/mol. The molecule has 154 valence electrons. The van der Waals surface area contributed by atoms with Crippen molar-refractivity contribution in [2.24, 2.45) is 0 Å². The first kappa shape index (κ1) is 21.4. The lowest BCUT2D eigenvalue weighted by atomic mass is 10.2. The predicted molar refractivity (Wildman–Crippen MR) is 112 cm³/mol. The van der Waals surface area contributed by atoms with Crippen LogP contribution in [-0.2, 0) is 23.3 Å². The molecule has 0 bridgehead atoms. The summed E-state index contributed by atoms with van der Waals surface area (Å²) in [7, 11) is -2.48. The summed E-state index contributed by atoms with van der Waals surface area (Å²) >= 11 is 6.01. The Morgan fingerprint density at radius 1 is 1.10 bits per heavy atom. The van der Waals surface area contributed by atoms with Gasteiger partial charge in [0.2, 0.25) is 0 Å². The number of aryl methyl sites for hydroxylation is 1. The monoisotopic (exact) mass is 436 g/mol. The molecule has 0 radical (unpaired) electrons. The van der Waals surface area contributed by atoms with Crippen molar-refractivity contribution < 1.29 is 12.8 Å². The van der Waals surface area contributed by atoms with Crippen molar-refractivity contribution in [2.75, 3.05) is 7.05 Å². The van der Waals surface area contributed by atoms with E-state index < -0.39 is 16.0 Å². The summed E-state index contributed by atoms with van der Waals surface area (Å²) in [5.41, 5.74) is 3.39. The summed E-state index contributed by atoms with van der Waals surface area (Å²) < 4.78 is 44.7. The number of hydrogen-bond donors (Lipinski definition) is 1. The second-order valence-electron chi connectivity index (χ2n) is 6.68. The zero-order valence-corrected chi connectivity index (χ0v) is 17.9. The molecule has 1 aromatic heterocycles. The highest BCUT2D eigenvalue weighted by molar-refractivity contribution is 7.87. The van der Waals surface area contributed by atoms with Crippen molar-refractivity contribution in [3.8, 4) is 5.69 Å². The van der Waals surface area contributed by atoms with Gasteiger partial charge in [-0.15, -0.1) is 0 Å². The van der Waals surface area contributed by atoms with Crippen molar-refractivity contribution in [1.29, 1.82) is 0 Å². The second-order valence-corrected chi connectivity index (χ2v) is 8.95. The van der Waals surface area contributed by atoms with E-state index in [2.05, 4.69) is 9.82 Å². The number of para-hydroxylation sites is 1. The molecule has 2 aromatic carbocycles. The van der Waals surface area contributed by atoms with E-state index in [1.54, 1.807) is 4.68 Å². The predicted octanol–water partition coefficient (Wildman–Crippen LogP) is 3.75. The van der Waals surface area contributed by atoms with Gasteiger partial charge in [-0.1, -0.05) is 35.9 Å². The van der Waals surface area contributed by atoms with Crippen LogP contribution in [0.3, 0.4) is 0 Å². The fraction of sp³-hybridized carbons (Fsp3) is 0.250. The van der Waals surface area contributed by atoms with Gasteiger partial charge in [0.05, 0.1) is 11.4 Å². The number of benzene rings is 2. The van der Waals surface area contributed by atoms with Crippen molar-refractivity contribution in [1.82, 2.24) is 18.8 Å². The Kier molecular flexibility index (Phi) is 6.38. The highest BCUT2D eigenvalue weighted by atomic mass is 35.5. The minimum Gasteiger partial charge on any atom is -0.238 e. The maximum atomic E-state index is 14.0. The van der Waals surface area contributed by atoms with E-state index in [9.17, 15) is 12.8 Å². The van der Waals surface area contributed by atoms with E-state index >= 15 is 0 Å². The molecule has 0 amide bonds. The van der Waals surface area contributed by atoms with Gasteiger partial charge in [-0.3, -0.25) is 0 Å². The van der Waals surface area contributed by atoms with Crippen molar-refractivity contribution in [3.05, 3.63) is 81.9 Å². The zero-order chi connectivity index (χ0) is 21.2. The molecular formula is C20H22ClFN4O2S. The van der Waals surface area contributed by atoms with Crippen LogP contribution in [0, 0.1) is 19.7 Å². The Labute approximate surface area is 175 Å². The van der Waals surface area contributed by atoms with Gasteiger partial charge in [0.1, 0.15) is 5.82 Å². The number of nitrogens with zero attached hydrogens (tertiary/aromatic N) is 3. The quantitative estimate of drug-likeness (QED) is 0.613. The highest BCUT2D eigenvalue weighted by Crippen LogP contribution is 2.22. The normalized spacial score (nSPS) is 11.9. The summed E-state index contributed by atoms with van der Waals surface area (Å²) in [6.45, 7) is 3.61. The molecule has 29 heavy (non-hydrogen) atoms. The minimum absolute atomic E-state index is 0.0716. The van der Waals surface area contributed by atoms with Gasteiger partial charge in [0.15, 0.2) is 0 Å². The summed E-state index contributed by atoms with van der Waals surface area (Å²) in [5.74, 6) is -0.546. The smallest absolute Gasteiger partial charge is 0.238 e. The lowest BCUT2D eigenvalue weighted by Crippen LogP contribution is -2.37. The van der Waals surface area contributed by atoms with Gasteiger partial charge >= 0.3 is 0 Å². The summed E-state index contributed by atoms with van der Waals surface area (Å²) in [4.78, 5) is 0. The Morgan fingerprint density at radius 2 is 1.79 bits per heavy atom. The van der Waals surface area contributed by atoms with Gasteiger partial charge < -0.3 is 0 Å². The molecule has 9 heteroatoms. The van der Waals surface area contributed by atoms with Crippen LogP contribution < -0.4 is 4.72 Å². The molecule has 0 aliphatic heterocycles. The molecule has 1 heterocycles. The fourth-order valence-corrected chi connectivity index (χ4v) is 4.08. The van der Waals surface area contributed by atoms with Crippen molar-refractivity contribution in [3.63, 3.8) is 0 Å². The van der Waals surface area contributed by atoms with Crippen molar-refractivity contribution in [2.45, 2.75) is 26.9 Å². The van der Waals surface area contributed by atoms with E-state index in [-0.39, 0.29) is 23.7 Å². The third-order valence-electron chi connectivity index (χ3n) is 4.73. The van der Waals surface area contributed by atoms with Crippen LogP contribution in [0.15, 0.2) is 48.5 Å². The molecule has 0 aliphatic carbocycles. The third-order valence-corrected chi connectivity index (χ3v) is 6.54. The van der Waals surface area contributed by atoms with E-state index in [0.717, 1.165) is 26.9 Å². The maximum absolute atomic E-state index is 14.0. The highest BCUT2D eigenvalue weighted by Gasteiger charge is 2.22. The van der Waals surface area contributed by atoms with Crippen LogP contribution in [0.4, 0.5) is 4.39 Å². The van der Waals surface area contributed by atoms with E-state index in [0.29, 0.717) is 0 Å². The Balaban J connectivity index is 1.76. The Morgan fingerprint density at radius 3 is 2.45 bits per heavy atom. The number of hydrogen-bond acceptors (Lipinski definition) is 3. The molecule has 1 N–H and O–H groups in total. The maximum Gasteiger partial charge on any atom is 0.279 e. The molecule has 0 spiro atoms. The molecule has 6 nitrogen and oxygen atoms in total. The van der Waals surface area contributed by atoms with Crippen LogP contribution in [-0.4, -0.2) is 29.6 Å². The lowest BCUT2D eigenvalue weighted by molar-refractivity contribution is 0.446. The molecular weight excluding hydrogens is 415 g/mol. The summed E-state index contributed by atoms with van der Waals surface area (Å²) in [6.07, 6.45) is 0. The van der Waals surface area contributed by atoms with Gasteiger partial charge in [-0.25, -0.2) is 9.07 Å². The van der Waals surface area contributed by atoms with Gasteiger partial charge in [-0.05, 0) is 38.1 Å². The number of halogens is 2. The first-order chi connectivity index (χ1) is 13.7. The standard InChI is InChI=1S/C20H22ClFN4O2S/c1-14-17(15(2)26(24-14)16-8-5-4-6-9-16)12-23-29(27,28)25(3)13-18-19(21)10-7-11-20(18)22/h4-11,23H,12-13H2,1-3H3. The van der Waals surface area contributed by atoms with Gasteiger partial charge in [-0.2, -0.15) is 22.5 Å². The first-order valence-electron chi connectivity index (χ1n) is 8.95. The van der Waals surface area contributed by atoms with E-state index in [1.165, 1.54) is 25.2 Å². The Hall–Kier alpha value is -2.26. The van der Waals surface area contributed by atoms with Crippen molar-refractivity contribution >= 4 is 21.8 Å². The number of aromatic nitrogens is 2. The summed E-state index contributed by atoms with van der Waals surface area (Å²) in [6, 6.07) is 13.9. The topological polar surface area (TPSA) is 67.2 Å². The molecule has 0 atom stereocenters. The average Bonchev–Trinajstić information content (AvgIpc) is 2.97. The fourth-order valence-electron chi connectivity index (χ4n) is 3.02. The third kappa shape index (κ3) is 4.67. The van der Waals surface area contributed by atoms with Gasteiger partial charge in [0, 0.05) is 42.0 Å². The van der Waals surface area contributed by atoms with Crippen LogP contribution >= 0.6 is 11.6 Å². The molecule has 0 unspecified atom stereocenters. The molecule has 0 saturated carbocycles. The van der Waals surface area contributed by atoms with E-state index in [4.69, 9.17) is 11.6 Å². The lowest BCUT2D eigenvalue weighted by Gasteiger charge is -2.19. The summed E-state index contributed by atoms with van der Waals surface area (Å²) in [5, 5.41) is 4.70. The largest absolute Gasteiger partial charge is 0.279 e. The molecule has 0 fully saturated rings. The second kappa shape index (κ2) is 8.62. The molecule has 3 aromatic rings. The molecule has 3 rings (SSSR count). The van der Waals surface area contributed by atoms with Gasteiger partial charge in [0.25, 0.3) is 10.2 Å². The number of rotatable bonds is 7. The molecule has 0 aliphatic rings. The first-order valence-corrected chi connectivity index (χ1v) is 10.8. The molecule has 0 saturated heterocycles. The number of nitrogens with one attached hydrogen (secondary N) is 1. The van der Waals surface area contributed by atoms with Crippen LogP contribution in [0.25, 0.3) is 5.69 Å². The van der Waals surface area contributed by atoms with Crippen LogP contribution in [0.2, 0.25) is 5.02 Å².